The second-order valence-electron chi connectivity index (χ2n) is 5.79. The van der Waals surface area contributed by atoms with Gasteiger partial charge in [-0.05, 0) is 41.8 Å². The summed E-state index contributed by atoms with van der Waals surface area (Å²) in [4.78, 5) is 13.9. The molecule has 0 radical (unpaired) electrons. The first-order valence-electron chi connectivity index (χ1n) is 7.95. The monoisotopic (exact) mass is 336 g/mol. The fourth-order valence-electron chi connectivity index (χ4n) is 2.96. The summed E-state index contributed by atoms with van der Waals surface area (Å²) in [6.07, 6.45) is 12.7. The molecule has 4 heterocycles. The fourth-order valence-corrected chi connectivity index (χ4v) is 3.24. The Morgan fingerprint density at radius 3 is 2.96 bits per heavy atom. The second kappa shape index (κ2) is 6.49. The summed E-state index contributed by atoms with van der Waals surface area (Å²) in [6.45, 7) is 1.68. The van der Waals surface area contributed by atoms with E-state index >= 15 is 0 Å². The van der Waals surface area contributed by atoms with Crippen molar-refractivity contribution in [3.63, 3.8) is 0 Å². The molecule has 24 heavy (non-hydrogen) atoms. The molecule has 3 aromatic rings. The zero-order chi connectivity index (χ0) is 16.4. The minimum absolute atomic E-state index is 0.773. The van der Waals surface area contributed by atoms with Crippen LogP contribution in [0.15, 0.2) is 66.4 Å². The lowest BCUT2D eigenvalue weighted by Crippen LogP contribution is -2.25. The van der Waals surface area contributed by atoms with Crippen LogP contribution in [-0.4, -0.2) is 32.9 Å². The van der Waals surface area contributed by atoms with Crippen LogP contribution in [0.1, 0.15) is 11.1 Å². The Labute approximate surface area is 145 Å². The molecule has 0 aliphatic carbocycles. The van der Waals surface area contributed by atoms with E-state index < -0.39 is 0 Å². The molecule has 4 rings (SSSR count). The number of pyridine rings is 2. The summed E-state index contributed by atoms with van der Waals surface area (Å²) in [7, 11) is 0. The summed E-state index contributed by atoms with van der Waals surface area (Å²) in [6, 6.07) is 8.08. The highest BCUT2D eigenvalue weighted by molar-refractivity contribution is 6.30. The minimum atomic E-state index is 0.773. The largest absolute Gasteiger partial charge is 0.358 e. The van der Waals surface area contributed by atoms with E-state index in [0.717, 1.165) is 46.8 Å². The number of H-pyrrole nitrogens is 1. The standard InChI is InChI=1S/C19H17ClN4/c20-18-11-15(17-13-23-19-16(17)4-2-8-22-19)6-10-24(18)9-5-14-3-1-7-21-12-14/h1-4,6-8,11-13H,5,9-10H2,(H,22,23). The Bertz CT molecular complexity index is 911. The first kappa shape index (κ1) is 15.0. The van der Waals surface area contributed by atoms with E-state index in [-0.39, 0.29) is 0 Å². The quantitative estimate of drug-likeness (QED) is 0.733. The van der Waals surface area contributed by atoms with Crippen molar-refractivity contribution in [3.8, 4) is 0 Å². The average Bonchev–Trinajstić information content (AvgIpc) is 3.06. The molecule has 0 saturated carbocycles. The molecule has 120 valence electrons. The lowest BCUT2D eigenvalue weighted by Gasteiger charge is -2.26. The van der Waals surface area contributed by atoms with Gasteiger partial charge in [0.15, 0.2) is 0 Å². The van der Waals surface area contributed by atoms with Crippen molar-refractivity contribution in [1.82, 2.24) is 19.9 Å². The fraction of sp³-hybridized carbons (Fsp3) is 0.158. The SMILES string of the molecule is ClC1=CC(c2c[nH]c3ncccc23)=CCN1CCc1cccnc1. The molecule has 0 fully saturated rings. The summed E-state index contributed by atoms with van der Waals surface area (Å²) >= 11 is 6.52. The maximum absolute atomic E-state index is 6.52. The first-order valence-corrected chi connectivity index (χ1v) is 8.33. The number of hydrogen-bond acceptors (Lipinski definition) is 3. The summed E-state index contributed by atoms with van der Waals surface area (Å²) < 4.78 is 0. The van der Waals surface area contributed by atoms with E-state index in [4.69, 9.17) is 11.6 Å². The van der Waals surface area contributed by atoms with E-state index in [1.54, 1.807) is 12.4 Å². The normalized spacial score (nSPS) is 14.6. The third-order valence-corrected chi connectivity index (χ3v) is 4.61. The van der Waals surface area contributed by atoms with Gasteiger partial charge in [-0.3, -0.25) is 4.98 Å². The second-order valence-corrected chi connectivity index (χ2v) is 6.17. The van der Waals surface area contributed by atoms with Gasteiger partial charge >= 0.3 is 0 Å². The van der Waals surface area contributed by atoms with Crippen LogP contribution in [0.2, 0.25) is 0 Å². The highest BCUT2D eigenvalue weighted by Crippen LogP contribution is 2.29. The number of fused-ring (bicyclic) bond motifs is 1. The van der Waals surface area contributed by atoms with Crippen LogP contribution in [-0.2, 0) is 6.42 Å². The Kier molecular flexibility index (Phi) is 4.05. The molecule has 5 heteroatoms. The molecule has 1 N–H and O–H groups in total. The molecular formula is C19H17ClN4. The third-order valence-electron chi connectivity index (χ3n) is 4.26. The van der Waals surface area contributed by atoms with Gasteiger partial charge in [-0.1, -0.05) is 23.7 Å². The summed E-state index contributed by atoms with van der Waals surface area (Å²) in [5.74, 6) is 0. The van der Waals surface area contributed by atoms with E-state index in [2.05, 4.69) is 38.1 Å². The number of hydrogen-bond donors (Lipinski definition) is 1. The molecule has 1 aliphatic rings. The predicted octanol–water partition coefficient (Wildman–Crippen LogP) is 3.98. The van der Waals surface area contributed by atoms with E-state index in [9.17, 15) is 0 Å². The van der Waals surface area contributed by atoms with Gasteiger partial charge in [0.2, 0.25) is 0 Å². The highest BCUT2D eigenvalue weighted by atomic mass is 35.5. The summed E-state index contributed by atoms with van der Waals surface area (Å²) in [5.41, 5.74) is 4.40. The zero-order valence-corrected chi connectivity index (χ0v) is 13.9. The molecule has 0 saturated heterocycles. The highest BCUT2D eigenvalue weighted by Gasteiger charge is 2.15. The van der Waals surface area contributed by atoms with Gasteiger partial charge in [0.25, 0.3) is 0 Å². The van der Waals surface area contributed by atoms with Gasteiger partial charge in [0, 0.05) is 48.8 Å². The van der Waals surface area contributed by atoms with Crippen LogP contribution >= 0.6 is 11.6 Å². The molecule has 0 bridgehead atoms. The molecule has 0 aromatic carbocycles. The van der Waals surface area contributed by atoms with Crippen molar-refractivity contribution >= 4 is 28.2 Å². The zero-order valence-electron chi connectivity index (χ0n) is 13.1. The van der Waals surface area contributed by atoms with Gasteiger partial charge in [0.1, 0.15) is 10.8 Å². The van der Waals surface area contributed by atoms with Crippen molar-refractivity contribution < 1.29 is 0 Å². The number of nitrogens with one attached hydrogen (secondary N) is 1. The Hall–Kier alpha value is -2.59. The van der Waals surface area contributed by atoms with Crippen molar-refractivity contribution in [2.45, 2.75) is 6.42 Å². The first-order chi connectivity index (χ1) is 11.8. The molecule has 1 aliphatic heterocycles. The Morgan fingerprint density at radius 1 is 1.21 bits per heavy atom. The lowest BCUT2D eigenvalue weighted by molar-refractivity contribution is 0.405. The maximum Gasteiger partial charge on any atom is 0.137 e. The van der Waals surface area contributed by atoms with Crippen LogP contribution in [0.5, 0.6) is 0 Å². The molecular weight excluding hydrogens is 320 g/mol. The number of halogens is 1. The van der Waals surface area contributed by atoms with Gasteiger partial charge in [-0.2, -0.15) is 0 Å². The molecule has 0 amide bonds. The third kappa shape index (κ3) is 2.93. The van der Waals surface area contributed by atoms with Crippen LogP contribution in [0.25, 0.3) is 16.6 Å². The van der Waals surface area contributed by atoms with Crippen molar-refractivity contribution in [3.05, 3.63) is 77.5 Å². The number of aromatic amines is 1. The van der Waals surface area contributed by atoms with Crippen LogP contribution in [0, 0.1) is 0 Å². The Balaban J connectivity index is 1.50. The smallest absolute Gasteiger partial charge is 0.137 e. The molecule has 3 aromatic heterocycles. The van der Waals surface area contributed by atoms with Crippen LogP contribution in [0.4, 0.5) is 0 Å². The molecule has 4 nitrogen and oxygen atoms in total. The topological polar surface area (TPSA) is 44.8 Å². The number of nitrogens with zero attached hydrogens (tertiary/aromatic N) is 3. The van der Waals surface area contributed by atoms with Gasteiger partial charge in [-0.25, -0.2) is 4.98 Å². The Morgan fingerprint density at radius 2 is 2.12 bits per heavy atom. The maximum atomic E-state index is 6.52. The molecule has 0 atom stereocenters. The number of rotatable bonds is 4. The summed E-state index contributed by atoms with van der Waals surface area (Å²) in [5, 5.41) is 1.89. The van der Waals surface area contributed by atoms with Gasteiger partial charge in [-0.15, -0.1) is 0 Å². The van der Waals surface area contributed by atoms with Crippen molar-refractivity contribution in [2.24, 2.45) is 0 Å². The van der Waals surface area contributed by atoms with E-state index in [1.807, 2.05) is 30.6 Å². The van der Waals surface area contributed by atoms with Crippen molar-refractivity contribution in [2.75, 3.05) is 13.1 Å². The number of aromatic nitrogens is 3. The van der Waals surface area contributed by atoms with Crippen LogP contribution < -0.4 is 0 Å². The predicted molar refractivity (Wildman–Crippen MR) is 97.5 cm³/mol. The van der Waals surface area contributed by atoms with E-state index in [0.29, 0.717) is 0 Å². The minimum Gasteiger partial charge on any atom is -0.358 e. The van der Waals surface area contributed by atoms with Crippen molar-refractivity contribution in [1.29, 1.82) is 0 Å². The van der Waals surface area contributed by atoms with Crippen LogP contribution in [0.3, 0.4) is 0 Å². The number of allylic oxidation sites excluding steroid dienone is 2. The van der Waals surface area contributed by atoms with E-state index in [1.165, 1.54) is 5.56 Å². The van der Waals surface area contributed by atoms with Gasteiger partial charge < -0.3 is 9.88 Å². The molecule has 0 unspecified atom stereocenters. The molecule has 0 spiro atoms. The average molecular weight is 337 g/mol. The van der Waals surface area contributed by atoms with Gasteiger partial charge in [0.05, 0.1) is 0 Å². The lowest BCUT2D eigenvalue weighted by atomic mass is 10.0.